The molecule has 27 heavy (non-hydrogen) atoms. The summed E-state index contributed by atoms with van der Waals surface area (Å²) in [6.45, 7) is 2.75. The van der Waals surface area contributed by atoms with Gasteiger partial charge in [0.05, 0.1) is 11.3 Å². The molecule has 3 N–H and O–H groups in total. The molecule has 1 aliphatic rings. The molecule has 1 saturated heterocycles. The minimum absolute atomic E-state index is 0.0771. The molecular weight excluding hydrogens is 348 g/mol. The van der Waals surface area contributed by atoms with Gasteiger partial charge < -0.3 is 16.0 Å². The molecule has 2 amide bonds. The van der Waals surface area contributed by atoms with Crippen molar-refractivity contribution in [3.05, 3.63) is 34.6 Å². The van der Waals surface area contributed by atoms with Crippen molar-refractivity contribution in [1.29, 1.82) is 0 Å². The van der Waals surface area contributed by atoms with Crippen LogP contribution in [0.15, 0.2) is 29.1 Å². The second kappa shape index (κ2) is 8.72. The number of benzene rings is 1. The van der Waals surface area contributed by atoms with Crippen molar-refractivity contribution in [2.24, 2.45) is 11.7 Å². The minimum atomic E-state index is -0.332. The van der Waals surface area contributed by atoms with E-state index in [1.807, 2.05) is 0 Å². The lowest BCUT2D eigenvalue weighted by atomic mass is 9.97. The van der Waals surface area contributed by atoms with Gasteiger partial charge in [0, 0.05) is 13.1 Å². The van der Waals surface area contributed by atoms with Gasteiger partial charge in [-0.1, -0.05) is 17.3 Å². The van der Waals surface area contributed by atoms with E-state index in [2.05, 4.69) is 20.5 Å². The molecule has 1 aromatic carbocycles. The summed E-state index contributed by atoms with van der Waals surface area (Å²) in [6.07, 6.45) is 2.57. The van der Waals surface area contributed by atoms with Crippen LogP contribution in [0.25, 0.3) is 10.9 Å². The Morgan fingerprint density at radius 3 is 2.93 bits per heavy atom. The van der Waals surface area contributed by atoms with E-state index >= 15 is 0 Å². The highest BCUT2D eigenvalue weighted by molar-refractivity contribution is 5.78. The van der Waals surface area contributed by atoms with Crippen LogP contribution in [0.4, 0.5) is 0 Å². The average molecular weight is 372 g/mol. The molecule has 0 spiro atoms. The lowest BCUT2D eigenvalue weighted by Crippen LogP contribution is -2.42. The van der Waals surface area contributed by atoms with E-state index in [9.17, 15) is 14.4 Å². The molecule has 0 saturated carbocycles. The molecule has 1 unspecified atom stereocenters. The Bertz CT molecular complexity index is 881. The number of nitrogens with two attached hydrogens (primary N) is 1. The van der Waals surface area contributed by atoms with E-state index in [1.165, 1.54) is 0 Å². The maximum absolute atomic E-state index is 12.3. The molecule has 9 nitrogen and oxygen atoms in total. The molecule has 1 aromatic heterocycles. The molecule has 1 aliphatic heterocycles. The summed E-state index contributed by atoms with van der Waals surface area (Å²) >= 11 is 0. The minimum Gasteiger partial charge on any atom is -0.369 e. The highest BCUT2D eigenvalue weighted by Crippen LogP contribution is 2.15. The number of rotatable bonds is 7. The Labute approximate surface area is 156 Å². The topological polar surface area (TPSA) is 123 Å². The fraction of sp³-hybridized carbons (Fsp3) is 0.500. The summed E-state index contributed by atoms with van der Waals surface area (Å²) in [6, 6.07) is 6.90. The SMILES string of the molecule is NC(=O)C1CCCN(CCCNC(=O)Cn2nnc3ccccc3c2=O)C1. The van der Waals surface area contributed by atoms with Gasteiger partial charge in [0.2, 0.25) is 11.8 Å². The molecule has 9 heteroatoms. The lowest BCUT2D eigenvalue weighted by molar-refractivity contribution is -0.123. The first kappa shape index (κ1) is 19.0. The first-order valence-electron chi connectivity index (χ1n) is 9.15. The summed E-state index contributed by atoms with van der Waals surface area (Å²) in [7, 11) is 0. The van der Waals surface area contributed by atoms with E-state index in [4.69, 9.17) is 5.73 Å². The number of aromatic nitrogens is 3. The van der Waals surface area contributed by atoms with E-state index in [-0.39, 0.29) is 29.8 Å². The summed E-state index contributed by atoms with van der Waals surface area (Å²) in [5, 5.41) is 11.0. The van der Waals surface area contributed by atoms with E-state index in [0.717, 1.165) is 37.0 Å². The monoisotopic (exact) mass is 372 g/mol. The number of piperidine rings is 1. The Morgan fingerprint density at radius 2 is 2.11 bits per heavy atom. The number of hydrogen-bond donors (Lipinski definition) is 2. The summed E-state index contributed by atoms with van der Waals surface area (Å²) in [5.41, 5.74) is 5.56. The van der Waals surface area contributed by atoms with E-state index in [1.54, 1.807) is 24.3 Å². The quantitative estimate of drug-likeness (QED) is 0.631. The average Bonchev–Trinajstić information content (AvgIpc) is 2.68. The largest absolute Gasteiger partial charge is 0.369 e. The van der Waals surface area contributed by atoms with Crippen molar-refractivity contribution in [3.63, 3.8) is 0 Å². The van der Waals surface area contributed by atoms with Crippen molar-refractivity contribution < 1.29 is 9.59 Å². The number of fused-ring (bicyclic) bond motifs is 1. The van der Waals surface area contributed by atoms with Crippen LogP contribution >= 0.6 is 0 Å². The second-order valence-corrected chi connectivity index (χ2v) is 6.82. The number of amides is 2. The Morgan fingerprint density at radius 1 is 1.30 bits per heavy atom. The van der Waals surface area contributed by atoms with Crippen LogP contribution in [0.1, 0.15) is 19.3 Å². The zero-order chi connectivity index (χ0) is 19.2. The smallest absolute Gasteiger partial charge is 0.278 e. The van der Waals surface area contributed by atoms with Crippen LogP contribution in [-0.4, -0.2) is 57.9 Å². The van der Waals surface area contributed by atoms with Gasteiger partial charge in [0.25, 0.3) is 5.56 Å². The van der Waals surface area contributed by atoms with Gasteiger partial charge in [-0.2, -0.15) is 0 Å². The molecule has 2 heterocycles. The van der Waals surface area contributed by atoms with E-state index < -0.39 is 0 Å². The maximum Gasteiger partial charge on any atom is 0.278 e. The van der Waals surface area contributed by atoms with Crippen LogP contribution in [0, 0.1) is 5.92 Å². The second-order valence-electron chi connectivity index (χ2n) is 6.82. The Balaban J connectivity index is 1.44. The summed E-state index contributed by atoms with van der Waals surface area (Å²) in [5.74, 6) is -0.600. The number of hydrogen-bond acceptors (Lipinski definition) is 6. The fourth-order valence-electron chi connectivity index (χ4n) is 3.34. The lowest BCUT2D eigenvalue weighted by Gasteiger charge is -2.31. The zero-order valence-corrected chi connectivity index (χ0v) is 15.1. The van der Waals surface area contributed by atoms with Gasteiger partial charge in [-0.25, -0.2) is 4.68 Å². The van der Waals surface area contributed by atoms with Crippen molar-refractivity contribution in [2.45, 2.75) is 25.8 Å². The number of primary amides is 1. The number of carbonyl (C=O) groups excluding carboxylic acids is 2. The van der Waals surface area contributed by atoms with Crippen LogP contribution in [0.3, 0.4) is 0 Å². The van der Waals surface area contributed by atoms with Gasteiger partial charge in [0.15, 0.2) is 0 Å². The predicted molar refractivity (Wildman–Crippen MR) is 99.8 cm³/mol. The highest BCUT2D eigenvalue weighted by Gasteiger charge is 2.23. The van der Waals surface area contributed by atoms with Gasteiger partial charge in [0.1, 0.15) is 12.1 Å². The fourth-order valence-corrected chi connectivity index (χ4v) is 3.34. The number of likely N-dealkylation sites (tertiary alicyclic amines) is 1. The standard InChI is InChI=1S/C18H24N6O3/c19-17(26)13-5-3-9-23(11-13)10-4-8-20-16(25)12-24-18(27)14-6-1-2-7-15(14)21-22-24/h1-2,6-7,13H,3-5,8-12H2,(H2,19,26)(H,20,25). The van der Waals surface area contributed by atoms with E-state index in [0.29, 0.717) is 24.0 Å². The molecule has 144 valence electrons. The third kappa shape index (κ3) is 4.88. The van der Waals surface area contributed by atoms with Crippen LogP contribution < -0.4 is 16.6 Å². The molecule has 3 rings (SSSR count). The maximum atomic E-state index is 12.3. The number of nitrogens with zero attached hydrogens (tertiary/aromatic N) is 4. The number of carbonyl (C=O) groups is 2. The van der Waals surface area contributed by atoms with Gasteiger partial charge >= 0.3 is 0 Å². The van der Waals surface area contributed by atoms with Crippen LogP contribution in [0.5, 0.6) is 0 Å². The Hall–Kier alpha value is -2.81. The van der Waals surface area contributed by atoms with Crippen molar-refractivity contribution in [2.75, 3.05) is 26.2 Å². The van der Waals surface area contributed by atoms with Crippen molar-refractivity contribution in [3.8, 4) is 0 Å². The third-order valence-corrected chi connectivity index (χ3v) is 4.80. The molecule has 1 atom stereocenters. The molecule has 0 bridgehead atoms. The van der Waals surface area contributed by atoms with Gasteiger partial charge in [-0.3, -0.25) is 14.4 Å². The first-order chi connectivity index (χ1) is 13.0. The Kier molecular flexibility index (Phi) is 6.12. The van der Waals surface area contributed by atoms with Gasteiger partial charge in [-0.05, 0) is 44.5 Å². The van der Waals surface area contributed by atoms with Crippen molar-refractivity contribution in [1.82, 2.24) is 25.2 Å². The number of nitrogens with one attached hydrogen (secondary N) is 1. The zero-order valence-electron chi connectivity index (χ0n) is 15.1. The first-order valence-corrected chi connectivity index (χ1v) is 9.15. The van der Waals surface area contributed by atoms with Crippen LogP contribution in [0.2, 0.25) is 0 Å². The highest BCUT2D eigenvalue weighted by atomic mass is 16.2. The van der Waals surface area contributed by atoms with Gasteiger partial charge in [-0.15, -0.1) is 5.10 Å². The third-order valence-electron chi connectivity index (χ3n) is 4.80. The van der Waals surface area contributed by atoms with Crippen LogP contribution in [-0.2, 0) is 16.1 Å². The molecule has 2 aromatic rings. The molecule has 0 aliphatic carbocycles. The van der Waals surface area contributed by atoms with Crippen molar-refractivity contribution >= 4 is 22.7 Å². The normalized spacial score (nSPS) is 17.7. The summed E-state index contributed by atoms with van der Waals surface area (Å²) in [4.78, 5) is 37.9. The molecular formula is C18H24N6O3. The summed E-state index contributed by atoms with van der Waals surface area (Å²) < 4.78 is 1.07. The predicted octanol–water partition coefficient (Wildman–Crippen LogP) is -0.505. The molecule has 1 fully saturated rings. The molecule has 0 radical (unpaired) electrons.